The number of rotatable bonds is 3. The summed E-state index contributed by atoms with van der Waals surface area (Å²) >= 11 is 0. The van der Waals surface area contributed by atoms with Crippen molar-refractivity contribution in [1.82, 2.24) is 0 Å². The zero-order chi connectivity index (χ0) is 58.3. The number of hydrogen-bond acceptors (Lipinski definition) is 0. The average Bonchev–Trinajstić information content (AvgIpc) is 3.61. The average molecular weight is 683 g/mol. The molecule has 0 fully saturated rings. The highest BCUT2D eigenvalue weighted by Gasteiger charge is 2.18. The Hall–Kier alpha value is -6.76. The summed E-state index contributed by atoms with van der Waals surface area (Å²) in [6.07, 6.45) is 0. The fraction of sp³-hybridized carbons (Fsp3) is 0. The summed E-state index contributed by atoms with van der Waals surface area (Å²) in [7, 11) is 0. The van der Waals surface area contributed by atoms with Crippen LogP contribution in [-0.4, -0.2) is 0 Å². The monoisotopic (exact) mass is 682 g/mol. The second-order valence-corrected chi connectivity index (χ2v) is 12.2. The van der Waals surface area contributed by atoms with Crippen LogP contribution >= 0.6 is 0 Å². The molecule has 0 aliphatic rings. The molecule has 12 aromatic carbocycles. The molecule has 0 bridgehead atoms. The third-order valence-corrected chi connectivity index (χ3v) is 9.50. The lowest BCUT2D eigenvalue weighted by molar-refractivity contribution is 1.65. The fourth-order valence-corrected chi connectivity index (χ4v) is 7.24. The number of hydrogen-bond donors (Lipinski definition) is 0. The van der Waals surface area contributed by atoms with Gasteiger partial charge in [-0.1, -0.05) is 169 Å². The molecule has 0 saturated heterocycles. The van der Waals surface area contributed by atoms with Crippen LogP contribution in [0, 0.1) is 0 Å². The van der Waals surface area contributed by atoms with Crippen LogP contribution in [0.4, 0.5) is 0 Å². The third-order valence-electron chi connectivity index (χ3n) is 9.50. The zero-order valence-electron chi connectivity index (χ0n) is 54.2. The molecule has 0 aliphatic heterocycles. The Morgan fingerprint density at radius 2 is 0.712 bits per heavy atom. The van der Waals surface area contributed by atoms with Gasteiger partial charge in [0, 0.05) is 0 Å². The van der Waals surface area contributed by atoms with Gasteiger partial charge in [-0.3, -0.25) is 0 Å². The van der Waals surface area contributed by atoms with E-state index in [1.54, 1.807) is 0 Å². The fourth-order valence-electron chi connectivity index (χ4n) is 7.24. The molecule has 0 radical (unpaired) electrons. The molecule has 238 valence electrons. The summed E-state index contributed by atoms with van der Waals surface area (Å²) < 4.78 is 257. The molecule has 0 spiro atoms. The summed E-state index contributed by atoms with van der Waals surface area (Å²) in [5, 5.41) is -6.47. The highest BCUT2D eigenvalue weighted by molar-refractivity contribution is 6.27. The van der Waals surface area contributed by atoms with Crippen molar-refractivity contribution < 1.29 is 38.4 Å². The van der Waals surface area contributed by atoms with Gasteiger partial charge in [-0.15, -0.1) is 0 Å². The maximum absolute atomic E-state index is 9.99. The van der Waals surface area contributed by atoms with Crippen molar-refractivity contribution in [2.45, 2.75) is 0 Å². The van der Waals surface area contributed by atoms with Crippen LogP contribution < -0.4 is 0 Å². The van der Waals surface area contributed by atoms with Crippen molar-refractivity contribution in [2.75, 3.05) is 0 Å². The molecule has 0 heterocycles. The lowest BCUT2D eigenvalue weighted by atomic mass is 9.85. The summed E-state index contributed by atoms with van der Waals surface area (Å²) in [5.41, 5.74) is -3.29. The standard InChI is InChI=1S/C52H30/c1-2-12-39-37(7-1)29-38(40-23-19-35-17-15-31-8-5-10-33-21-25-46(40)51(35)49(31)33)30-48(39)45-28-27-43(41-13-3-4-14-42(41)45)44-24-20-36-18-16-32-9-6-11-34-22-26-47(44)52(36)50(32)34/h1-30H/i1D,2D,3D,4D,5D,6D,7D,8D,9D,10D,11D,12D,14D,15D,16D,17D,18D,19D,20D,21D,22D,23D,24D,25D,26D,27D,28D,29D. The molecule has 12 aromatic rings. The molecule has 0 saturated carbocycles. The second kappa shape index (κ2) is 10.4. The van der Waals surface area contributed by atoms with E-state index in [0.717, 1.165) is 12.1 Å². The van der Waals surface area contributed by atoms with Gasteiger partial charge in [0.05, 0.1) is 38.4 Å². The zero-order valence-corrected chi connectivity index (χ0v) is 26.2. The van der Waals surface area contributed by atoms with Crippen LogP contribution in [0.3, 0.4) is 0 Å². The molecule has 0 unspecified atom stereocenters. The molecular formula is C52H30. The van der Waals surface area contributed by atoms with E-state index in [-0.39, 0.29) is 21.5 Å². The summed E-state index contributed by atoms with van der Waals surface area (Å²) in [6, 6.07) is -19.8. The largest absolute Gasteiger partial charge is 0.0636 e. The Bertz CT molecular complexity index is 4980. The van der Waals surface area contributed by atoms with E-state index >= 15 is 0 Å². The molecule has 0 aliphatic carbocycles. The van der Waals surface area contributed by atoms with E-state index in [0.29, 0.717) is 0 Å². The minimum atomic E-state index is -0.948. The van der Waals surface area contributed by atoms with Crippen LogP contribution in [0.15, 0.2) is 181 Å². The molecule has 12 rings (SSSR count). The van der Waals surface area contributed by atoms with Gasteiger partial charge < -0.3 is 0 Å². The van der Waals surface area contributed by atoms with Crippen LogP contribution in [-0.2, 0) is 0 Å². The molecular weight excluding hydrogens is 625 g/mol. The van der Waals surface area contributed by atoms with Crippen LogP contribution in [0.2, 0.25) is 0 Å². The second-order valence-electron chi connectivity index (χ2n) is 12.2. The van der Waals surface area contributed by atoms with E-state index in [1.165, 1.54) is 0 Å². The van der Waals surface area contributed by atoms with Gasteiger partial charge in [-0.2, -0.15) is 0 Å². The Morgan fingerprint density at radius 3 is 1.38 bits per heavy atom. The lowest BCUT2D eigenvalue weighted by Gasteiger charge is -2.18. The molecule has 0 amide bonds. The van der Waals surface area contributed by atoms with E-state index in [2.05, 4.69) is 0 Å². The van der Waals surface area contributed by atoms with Gasteiger partial charge in [-0.05, 0) is 132 Å². The Labute approximate surface area is 339 Å². The van der Waals surface area contributed by atoms with Gasteiger partial charge >= 0.3 is 0 Å². The molecule has 0 N–H and O–H groups in total. The maximum Gasteiger partial charge on any atom is 0.0636 e. The van der Waals surface area contributed by atoms with Crippen molar-refractivity contribution in [3.63, 3.8) is 0 Å². The number of benzene rings is 12. The van der Waals surface area contributed by atoms with Crippen molar-refractivity contribution in [2.24, 2.45) is 0 Å². The summed E-state index contributed by atoms with van der Waals surface area (Å²) in [4.78, 5) is 0. The smallest absolute Gasteiger partial charge is 0.0616 e. The Balaban J connectivity index is 1.32. The lowest BCUT2D eigenvalue weighted by Crippen LogP contribution is -1.91. The molecule has 52 heavy (non-hydrogen) atoms. The number of fused-ring (bicyclic) bond motifs is 2. The van der Waals surface area contributed by atoms with Gasteiger partial charge in [-0.25, -0.2) is 0 Å². The summed E-state index contributed by atoms with van der Waals surface area (Å²) in [5.74, 6) is 0. The quantitative estimate of drug-likeness (QED) is 0.163. The molecule has 0 aromatic heterocycles. The predicted octanol–water partition coefficient (Wildman–Crippen LogP) is 14.8. The van der Waals surface area contributed by atoms with Crippen molar-refractivity contribution in [1.29, 1.82) is 0 Å². The van der Waals surface area contributed by atoms with Crippen molar-refractivity contribution >= 4 is 86.2 Å². The third kappa shape index (κ3) is 3.81. The SMILES string of the molecule is [2H]c1cc2c(-c3c([2H])c([2H])c4c([2H])c([2H])c5c([2H])c([2H])c([2H])c6c([2H])c([2H])c3c4c56)c([2H])c([2H])c(-c3cc(-c4c([2H])c([2H])c5c([2H])c([2H])c6c([2H])c([2H])c([2H])c7c([2H])c([2H])c4c5c67)c([2H])c4c([2H])c([2H])c([2H])c([2H])c34)c2c([2H])c1[2H]. The van der Waals surface area contributed by atoms with E-state index in [1.807, 2.05) is 0 Å². The topological polar surface area (TPSA) is 0 Å². The first-order valence-electron chi connectivity index (χ1n) is 29.9. The van der Waals surface area contributed by atoms with Crippen LogP contribution in [0.5, 0.6) is 0 Å². The first kappa shape index (κ1) is 12.5. The van der Waals surface area contributed by atoms with Gasteiger partial charge in [0.25, 0.3) is 0 Å². The molecule has 0 nitrogen and oxygen atoms in total. The van der Waals surface area contributed by atoms with Gasteiger partial charge in [0.15, 0.2) is 0 Å². The normalized spacial score (nSPS) is 19.8. The molecule has 0 atom stereocenters. The maximum atomic E-state index is 9.99. The van der Waals surface area contributed by atoms with E-state index in [4.69, 9.17) is 19.2 Å². The van der Waals surface area contributed by atoms with Crippen LogP contribution in [0.25, 0.3) is 120 Å². The Kier molecular flexibility index (Phi) is 2.49. The van der Waals surface area contributed by atoms with Crippen molar-refractivity contribution in [3.05, 3.63) is 181 Å². The van der Waals surface area contributed by atoms with Gasteiger partial charge in [0.2, 0.25) is 0 Å². The van der Waals surface area contributed by atoms with E-state index < -0.39 is 267 Å². The van der Waals surface area contributed by atoms with E-state index in [9.17, 15) is 19.2 Å². The first-order valence-corrected chi connectivity index (χ1v) is 15.9. The minimum Gasteiger partial charge on any atom is -0.0616 e. The minimum absolute atomic E-state index is 0.249. The Morgan fingerprint density at radius 1 is 0.269 bits per heavy atom. The highest BCUT2D eigenvalue weighted by Crippen LogP contribution is 2.46. The van der Waals surface area contributed by atoms with Crippen molar-refractivity contribution in [3.8, 4) is 33.4 Å². The predicted molar refractivity (Wildman–Crippen MR) is 225 cm³/mol. The first-order chi connectivity index (χ1) is 37.5. The highest BCUT2D eigenvalue weighted by atomic mass is 14.2. The van der Waals surface area contributed by atoms with Gasteiger partial charge in [0.1, 0.15) is 0 Å². The summed E-state index contributed by atoms with van der Waals surface area (Å²) in [6.45, 7) is 0. The van der Waals surface area contributed by atoms with Crippen LogP contribution in [0.1, 0.15) is 38.4 Å². The molecule has 0 heteroatoms.